The van der Waals surface area contributed by atoms with Gasteiger partial charge < -0.3 is 16.0 Å². The predicted octanol–water partition coefficient (Wildman–Crippen LogP) is 5.16. The monoisotopic (exact) mass is 525 g/mol. The summed E-state index contributed by atoms with van der Waals surface area (Å²) in [6, 6.07) is 18.2. The average Bonchev–Trinajstić information content (AvgIpc) is 2.98. The second-order valence-electron chi connectivity index (χ2n) is 11.2. The van der Waals surface area contributed by atoms with Crippen LogP contribution in [0.15, 0.2) is 84.0 Å². The minimum atomic E-state index is -1.11. The minimum absolute atomic E-state index is 0.143. The van der Waals surface area contributed by atoms with E-state index in [0.717, 1.165) is 44.1 Å². The molecule has 3 aliphatic rings. The van der Waals surface area contributed by atoms with E-state index in [4.69, 9.17) is 0 Å². The molecule has 3 N–H and O–H groups in total. The van der Waals surface area contributed by atoms with Crippen LogP contribution in [-0.2, 0) is 16.0 Å². The summed E-state index contributed by atoms with van der Waals surface area (Å²) in [6.45, 7) is 0. The van der Waals surface area contributed by atoms with Crippen molar-refractivity contribution in [3.8, 4) is 0 Å². The topological polar surface area (TPSA) is 87.3 Å². The van der Waals surface area contributed by atoms with Crippen LogP contribution in [0.5, 0.6) is 0 Å². The van der Waals surface area contributed by atoms with Gasteiger partial charge in [-0.1, -0.05) is 85.5 Å². The van der Waals surface area contributed by atoms with E-state index < -0.39 is 11.6 Å². The van der Waals surface area contributed by atoms with Crippen molar-refractivity contribution in [1.29, 1.82) is 0 Å². The Morgan fingerprint density at radius 1 is 0.897 bits per heavy atom. The van der Waals surface area contributed by atoms with E-state index in [0.29, 0.717) is 31.2 Å². The molecule has 39 heavy (non-hydrogen) atoms. The molecule has 3 amide bonds. The molecule has 3 aliphatic carbocycles. The Balaban J connectivity index is 1.40. The van der Waals surface area contributed by atoms with E-state index >= 15 is 0 Å². The first-order valence-corrected chi connectivity index (χ1v) is 14.4. The first-order chi connectivity index (χ1) is 19.0. The van der Waals surface area contributed by atoms with Gasteiger partial charge in [-0.2, -0.15) is 0 Å². The van der Waals surface area contributed by atoms with Crippen LogP contribution in [0.3, 0.4) is 0 Å². The average molecular weight is 526 g/mol. The number of carbonyl (C=O) groups excluding carboxylic acids is 3. The summed E-state index contributed by atoms with van der Waals surface area (Å²) >= 11 is 0. The second-order valence-corrected chi connectivity index (χ2v) is 11.2. The molecule has 0 saturated heterocycles. The Bertz CT molecular complexity index is 1230. The van der Waals surface area contributed by atoms with E-state index in [9.17, 15) is 14.4 Å². The number of allylic oxidation sites excluding steroid dienone is 3. The maximum Gasteiger partial charge on any atom is 0.252 e. The molecule has 0 aromatic heterocycles. The fraction of sp³-hybridized carbons (Fsp3) is 0.424. The predicted molar refractivity (Wildman–Crippen MR) is 153 cm³/mol. The number of carbonyl (C=O) groups is 3. The van der Waals surface area contributed by atoms with Gasteiger partial charge in [0.05, 0.1) is 0 Å². The zero-order valence-electron chi connectivity index (χ0n) is 22.6. The highest BCUT2D eigenvalue weighted by Crippen LogP contribution is 2.38. The Hall–Kier alpha value is -3.67. The summed E-state index contributed by atoms with van der Waals surface area (Å²) < 4.78 is 0. The fourth-order valence-electron chi connectivity index (χ4n) is 6.16. The third kappa shape index (κ3) is 6.67. The molecule has 6 nitrogen and oxygen atoms in total. The third-order valence-electron chi connectivity index (χ3n) is 8.40. The van der Waals surface area contributed by atoms with Gasteiger partial charge in [-0.3, -0.25) is 14.4 Å². The summed E-state index contributed by atoms with van der Waals surface area (Å²) in [5.41, 5.74) is 2.88. The van der Waals surface area contributed by atoms with Crippen molar-refractivity contribution >= 4 is 17.7 Å². The molecule has 2 aromatic rings. The van der Waals surface area contributed by atoms with E-state index in [-0.39, 0.29) is 23.8 Å². The zero-order chi connectivity index (χ0) is 27.1. The fourth-order valence-corrected chi connectivity index (χ4v) is 6.16. The van der Waals surface area contributed by atoms with E-state index in [2.05, 4.69) is 28.1 Å². The first kappa shape index (κ1) is 26.9. The molecular weight excluding hydrogens is 486 g/mol. The van der Waals surface area contributed by atoms with Gasteiger partial charge in [0, 0.05) is 24.4 Å². The van der Waals surface area contributed by atoms with Crippen LogP contribution >= 0.6 is 0 Å². The van der Waals surface area contributed by atoms with E-state index in [1.165, 1.54) is 17.6 Å². The Morgan fingerprint density at radius 3 is 2.36 bits per heavy atom. The summed E-state index contributed by atoms with van der Waals surface area (Å²) in [5.74, 6) is -0.708. The van der Waals surface area contributed by atoms with Crippen molar-refractivity contribution < 1.29 is 14.4 Å². The van der Waals surface area contributed by atoms with Crippen molar-refractivity contribution in [3.63, 3.8) is 0 Å². The molecule has 0 unspecified atom stereocenters. The van der Waals surface area contributed by atoms with Gasteiger partial charge in [0.1, 0.15) is 11.6 Å². The molecule has 5 rings (SSSR count). The Labute approximate surface area is 231 Å². The van der Waals surface area contributed by atoms with Gasteiger partial charge in [-0.25, -0.2) is 0 Å². The van der Waals surface area contributed by atoms with Crippen LogP contribution in [0.1, 0.15) is 80.1 Å². The maximum atomic E-state index is 14.2. The van der Waals surface area contributed by atoms with Gasteiger partial charge in [-0.15, -0.1) is 0 Å². The number of amides is 3. The highest BCUT2D eigenvalue weighted by atomic mass is 16.2. The van der Waals surface area contributed by atoms with E-state index in [1.807, 2.05) is 48.5 Å². The highest BCUT2D eigenvalue weighted by molar-refractivity contribution is 6.00. The number of rotatable bonds is 8. The van der Waals surface area contributed by atoms with Crippen molar-refractivity contribution in [1.82, 2.24) is 16.0 Å². The minimum Gasteiger partial charge on any atom is -0.352 e. The molecule has 1 saturated carbocycles. The maximum absolute atomic E-state index is 14.2. The first-order valence-electron chi connectivity index (χ1n) is 14.4. The van der Waals surface area contributed by atoms with Crippen molar-refractivity contribution in [3.05, 3.63) is 95.1 Å². The van der Waals surface area contributed by atoms with Crippen LogP contribution < -0.4 is 16.0 Å². The molecular formula is C33H39N3O3. The molecule has 0 aliphatic heterocycles. The van der Waals surface area contributed by atoms with Crippen LogP contribution in [0.4, 0.5) is 0 Å². The third-order valence-corrected chi connectivity index (χ3v) is 8.40. The molecule has 0 bridgehead atoms. The Morgan fingerprint density at radius 2 is 1.62 bits per heavy atom. The highest BCUT2D eigenvalue weighted by Gasteiger charge is 2.44. The number of nitrogens with one attached hydrogen (secondary N) is 3. The summed E-state index contributed by atoms with van der Waals surface area (Å²) in [5, 5.41) is 9.45. The summed E-state index contributed by atoms with van der Waals surface area (Å²) in [4.78, 5) is 41.1. The van der Waals surface area contributed by atoms with Crippen molar-refractivity contribution in [2.24, 2.45) is 0 Å². The van der Waals surface area contributed by atoms with Crippen LogP contribution in [0.2, 0.25) is 0 Å². The molecule has 0 spiro atoms. The molecule has 2 aromatic carbocycles. The number of hydrogen-bond acceptors (Lipinski definition) is 3. The SMILES string of the molecule is O=C(N[C@]1(C(=O)N[C@@H](Cc2ccccc2)C(=O)NC2CCCCC2)CCC2=C(CCC=C2)C1)c1ccccc1. The lowest BCUT2D eigenvalue weighted by molar-refractivity contribution is -0.133. The smallest absolute Gasteiger partial charge is 0.252 e. The lowest BCUT2D eigenvalue weighted by Crippen LogP contribution is -2.63. The quantitative estimate of drug-likeness (QED) is 0.445. The normalized spacial score (nSPS) is 21.9. The van der Waals surface area contributed by atoms with Crippen LogP contribution in [-0.4, -0.2) is 35.3 Å². The van der Waals surface area contributed by atoms with Gasteiger partial charge >= 0.3 is 0 Å². The summed E-state index contributed by atoms with van der Waals surface area (Å²) in [7, 11) is 0. The zero-order valence-corrected chi connectivity index (χ0v) is 22.6. The Kier molecular flexibility index (Phi) is 8.60. The van der Waals surface area contributed by atoms with Gasteiger partial charge in [0.2, 0.25) is 11.8 Å². The molecule has 0 heterocycles. The molecule has 2 atom stereocenters. The standard InChI is InChI=1S/C33H39N3O3/c37-30(26-15-6-2-7-16-26)36-33(21-20-25-14-10-11-17-27(25)23-33)32(39)35-29(22-24-12-4-1-5-13-24)31(38)34-28-18-8-3-9-19-28/h1-2,4-7,10,12-16,28-29H,3,8-9,11,17-23H2,(H,34,38)(H,35,39)(H,36,37)/t29-,33+/m0/s1. The molecule has 1 fully saturated rings. The second kappa shape index (κ2) is 12.5. The van der Waals surface area contributed by atoms with Crippen molar-refractivity contribution in [2.75, 3.05) is 0 Å². The molecule has 204 valence electrons. The largest absolute Gasteiger partial charge is 0.352 e. The van der Waals surface area contributed by atoms with E-state index in [1.54, 1.807) is 12.1 Å². The lowest BCUT2D eigenvalue weighted by atomic mass is 9.74. The van der Waals surface area contributed by atoms with Gasteiger partial charge in [0.15, 0.2) is 0 Å². The van der Waals surface area contributed by atoms with Crippen molar-refractivity contribution in [2.45, 2.75) is 88.3 Å². The lowest BCUT2D eigenvalue weighted by Gasteiger charge is -2.40. The molecule has 0 radical (unpaired) electrons. The molecule has 6 heteroatoms. The van der Waals surface area contributed by atoms with Gasteiger partial charge in [0.25, 0.3) is 5.91 Å². The number of benzene rings is 2. The summed E-state index contributed by atoms with van der Waals surface area (Å²) in [6.07, 6.45) is 13.6. The number of hydrogen-bond donors (Lipinski definition) is 3. The van der Waals surface area contributed by atoms with Gasteiger partial charge in [-0.05, 0) is 61.8 Å². The van der Waals surface area contributed by atoms with Crippen LogP contribution in [0, 0.1) is 0 Å². The van der Waals surface area contributed by atoms with Crippen LogP contribution in [0.25, 0.3) is 0 Å².